The Hall–Kier alpha value is -3.93. The fraction of sp³-hybridized carbons (Fsp3) is 0.240. The van der Waals surface area contributed by atoms with Gasteiger partial charge >= 0.3 is 0 Å². The highest BCUT2D eigenvalue weighted by Gasteiger charge is 2.36. The van der Waals surface area contributed by atoms with Crippen LogP contribution in [0.4, 0.5) is 30.2 Å². The summed E-state index contributed by atoms with van der Waals surface area (Å²) in [6.45, 7) is 4.02. The second-order valence-electron chi connectivity index (χ2n) is 8.75. The van der Waals surface area contributed by atoms with Crippen LogP contribution in [-0.2, 0) is 31.3 Å². The van der Waals surface area contributed by atoms with Crippen LogP contribution in [0.25, 0.3) is 0 Å². The number of aromatic nitrogens is 1. The summed E-state index contributed by atoms with van der Waals surface area (Å²) in [5.41, 5.74) is 3.25. The molecule has 1 heterocycles. The number of anilines is 3. The zero-order chi connectivity index (χ0) is 27.5. The fourth-order valence-corrected chi connectivity index (χ4v) is 4.33. The molecule has 0 saturated heterocycles. The number of nitrogens with zero attached hydrogens (tertiary/aromatic N) is 1. The highest BCUT2D eigenvalue weighted by molar-refractivity contribution is 7.91. The Morgan fingerprint density at radius 1 is 0.973 bits per heavy atom. The van der Waals surface area contributed by atoms with E-state index in [0.29, 0.717) is 0 Å². The quantitative estimate of drug-likeness (QED) is 0.375. The summed E-state index contributed by atoms with van der Waals surface area (Å²) in [5, 5.41) is 4.64. The summed E-state index contributed by atoms with van der Waals surface area (Å²) in [6, 6.07) is 7.94. The molecule has 3 aromatic rings. The van der Waals surface area contributed by atoms with Gasteiger partial charge in [0, 0.05) is 28.8 Å². The van der Waals surface area contributed by atoms with Crippen LogP contribution in [0.1, 0.15) is 32.0 Å². The van der Waals surface area contributed by atoms with E-state index in [1.165, 1.54) is 45.0 Å². The maximum atomic E-state index is 15.0. The average Bonchev–Trinajstić information content (AvgIpc) is 2.81. The number of sulfone groups is 1. The molecule has 4 N–H and O–H groups in total. The first kappa shape index (κ1) is 27.7. The van der Waals surface area contributed by atoms with Crippen LogP contribution < -0.4 is 16.4 Å². The summed E-state index contributed by atoms with van der Waals surface area (Å²) in [7, 11) is -3.44. The van der Waals surface area contributed by atoms with E-state index in [1.807, 2.05) is 0 Å². The first-order valence-electron chi connectivity index (χ1n) is 11.1. The number of carbonyl (C=O) groups is 2. The largest absolute Gasteiger partial charge is 0.399 e. The van der Waals surface area contributed by atoms with Crippen LogP contribution in [-0.4, -0.2) is 31.0 Å². The lowest BCUT2D eigenvalue weighted by Gasteiger charge is -2.26. The van der Waals surface area contributed by atoms with Crippen LogP contribution >= 0.6 is 0 Å². The second kappa shape index (κ2) is 10.6. The smallest absolute Gasteiger partial charge is 0.234 e. The van der Waals surface area contributed by atoms with E-state index in [9.17, 15) is 31.2 Å². The van der Waals surface area contributed by atoms with E-state index in [0.717, 1.165) is 24.4 Å². The van der Waals surface area contributed by atoms with Crippen molar-refractivity contribution >= 4 is 38.7 Å². The van der Waals surface area contributed by atoms with Crippen molar-refractivity contribution in [1.29, 1.82) is 0 Å². The van der Waals surface area contributed by atoms with E-state index in [1.54, 1.807) is 0 Å². The molecular weight excluding hydrogens is 509 g/mol. The molecule has 0 radical (unpaired) electrons. The van der Waals surface area contributed by atoms with Crippen molar-refractivity contribution in [2.75, 3.05) is 22.1 Å². The number of rotatable bonds is 8. The minimum Gasteiger partial charge on any atom is -0.399 e. The third-order valence-corrected chi connectivity index (χ3v) is 7.36. The van der Waals surface area contributed by atoms with Gasteiger partial charge in [0.15, 0.2) is 9.84 Å². The maximum absolute atomic E-state index is 15.0. The summed E-state index contributed by atoms with van der Waals surface area (Å²) in [6.07, 6.45) is 0.857. The maximum Gasteiger partial charge on any atom is 0.234 e. The predicted octanol–water partition coefficient (Wildman–Crippen LogP) is 3.97. The predicted molar refractivity (Wildman–Crippen MR) is 133 cm³/mol. The van der Waals surface area contributed by atoms with Crippen LogP contribution in [0.2, 0.25) is 0 Å². The molecule has 0 bridgehead atoms. The standard InChI is InChI=1S/C25H25F3N4O4S/c1-4-37(35,36)17-7-6-15(30-13-17)12-22(33)31-16-10-19(27)23(20(28)11-16)25(2,3)24(34)32-21-9-14(29)5-8-18(21)26/h5-11,13H,4,12,29H2,1-3H3,(H,31,33)(H,32,34). The molecule has 0 aliphatic heterocycles. The molecule has 8 nitrogen and oxygen atoms in total. The van der Waals surface area contributed by atoms with Crippen molar-refractivity contribution in [3.05, 3.63) is 77.4 Å². The van der Waals surface area contributed by atoms with Gasteiger partial charge < -0.3 is 16.4 Å². The van der Waals surface area contributed by atoms with Gasteiger partial charge in [-0.2, -0.15) is 0 Å². The van der Waals surface area contributed by atoms with Gasteiger partial charge in [0.1, 0.15) is 17.5 Å². The average molecular weight is 535 g/mol. The molecular formula is C25H25F3N4O4S. The molecule has 0 spiro atoms. The molecule has 37 heavy (non-hydrogen) atoms. The summed E-state index contributed by atoms with van der Waals surface area (Å²) >= 11 is 0. The summed E-state index contributed by atoms with van der Waals surface area (Å²) in [5.74, 6) is -4.61. The molecule has 0 atom stereocenters. The van der Waals surface area contributed by atoms with Gasteiger partial charge in [-0.25, -0.2) is 21.6 Å². The first-order chi connectivity index (χ1) is 17.2. The van der Waals surface area contributed by atoms with Crippen LogP contribution in [0, 0.1) is 17.5 Å². The van der Waals surface area contributed by atoms with Crippen molar-refractivity contribution in [2.24, 2.45) is 0 Å². The number of nitrogen functional groups attached to an aromatic ring is 1. The Kier molecular flexibility index (Phi) is 7.91. The third-order valence-electron chi connectivity index (χ3n) is 5.64. The number of hydrogen-bond donors (Lipinski definition) is 3. The lowest BCUT2D eigenvalue weighted by molar-refractivity contribution is -0.120. The van der Waals surface area contributed by atoms with Gasteiger partial charge in [0.25, 0.3) is 0 Å². The SMILES string of the molecule is CCS(=O)(=O)c1ccc(CC(=O)Nc2cc(F)c(C(C)(C)C(=O)Nc3cc(N)ccc3F)c(F)c2)nc1. The van der Waals surface area contributed by atoms with E-state index in [2.05, 4.69) is 15.6 Å². The molecule has 1 aromatic heterocycles. The molecule has 0 unspecified atom stereocenters. The minimum absolute atomic E-state index is 0.0176. The highest BCUT2D eigenvalue weighted by atomic mass is 32.2. The van der Waals surface area contributed by atoms with E-state index in [4.69, 9.17) is 5.73 Å². The number of nitrogens with two attached hydrogens (primary N) is 1. The number of halogens is 3. The molecule has 0 saturated carbocycles. The number of amides is 2. The van der Waals surface area contributed by atoms with Gasteiger partial charge in [-0.1, -0.05) is 6.92 Å². The molecule has 0 fully saturated rings. The first-order valence-corrected chi connectivity index (χ1v) is 12.7. The third kappa shape index (κ3) is 6.26. The number of pyridine rings is 1. The van der Waals surface area contributed by atoms with Crippen molar-refractivity contribution in [3.8, 4) is 0 Å². The zero-order valence-corrected chi connectivity index (χ0v) is 21.0. The molecule has 2 amide bonds. The normalized spacial score (nSPS) is 11.7. The fourth-order valence-electron chi connectivity index (χ4n) is 3.51. The van der Waals surface area contributed by atoms with E-state index in [-0.39, 0.29) is 39.8 Å². The Labute approximate surface area is 212 Å². The van der Waals surface area contributed by atoms with Gasteiger partial charge in [0.05, 0.1) is 28.2 Å². The van der Waals surface area contributed by atoms with E-state index < -0.39 is 50.1 Å². The molecule has 12 heteroatoms. The summed E-state index contributed by atoms with van der Waals surface area (Å²) in [4.78, 5) is 29.2. The Bertz CT molecular complexity index is 1440. The van der Waals surface area contributed by atoms with Gasteiger partial charge in [0.2, 0.25) is 11.8 Å². The Morgan fingerprint density at radius 3 is 2.19 bits per heavy atom. The topological polar surface area (TPSA) is 131 Å². The van der Waals surface area contributed by atoms with Crippen LogP contribution in [0.5, 0.6) is 0 Å². The number of carbonyl (C=O) groups excluding carboxylic acids is 2. The minimum atomic E-state index is -3.44. The van der Waals surface area contributed by atoms with Gasteiger partial charge in [-0.15, -0.1) is 0 Å². The van der Waals surface area contributed by atoms with Crippen LogP contribution in [0.15, 0.2) is 53.6 Å². The second-order valence-corrected chi connectivity index (χ2v) is 11.0. The van der Waals surface area contributed by atoms with Gasteiger partial charge in [-0.3, -0.25) is 14.6 Å². The number of nitrogens with one attached hydrogen (secondary N) is 2. The Balaban J connectivity index is 1.75. The van der Waals surface area contributed by atoms with Crippen LogP contribution in [0.3, 0.4) is 0 Å². The van der Waals surface area contributed by atoms with Crippen molar-refractivity contribution < 1.29 is 31.2 Å². The molecule has 196 valence electrons. The molecule has 2 aromatic carbocycles. The van der Waals surface area contributed by atoms with E-state index >= 15 is 0 Å². The monoisotopic (exact) mass is 534 g/mol. The van der Waals surface area contributed by atoms with Gasteiger partial charge in [-0.05, 0) is 56.3 Å². The molecule has 3 rings (SSSR count). The lowest BCUT2D eigenvalue weighted by atomic mass is 9.82. The highest BCUT2D eigenvalue weighted by Crippen LogP contribution is 2.32. The number of hydrogen-bond acceptors (Lipinski definition) is 6. The molecule has 0 aliphatic rings. The zero-order valence-electron chi connectivity index (χ0n) is 20.2. The van der Waals surface area contributed by atoms with Crippen molar-refractivity contribution in [2.45, 2.75) is 37.5 Å². The summed E-state index contributed by atoms with van der Waals surface area (Å²) < 4.78 is 67.7. The number of benzene rings is 2. The molecule has 0 aliphatic carbocycles. The van der Waals surface area contributed by atoms with Crippen molar-refractivity contribution in [1.82, 2.24) is 4.98 Å². The van der Waals surface area contributed by atoms with Crippen molar-refractivity contribution in [3.63, 3.8) is 0 Å². The lowest BCUT2D eigenvalue weighted by Crippen LogP contribution is -2.37. The Morgan fingerprint density at radius 2 is 1.62 bits per heavy atom.